The Morgan fingerprint density at radius 2 is 1.17 bits per heavy atom. The van der Waals surface area contributed by atoms with E-state index in [1.54, 1.807) is 0 Å². The lowest BCUT2D eigenvalue weighted by atomic mass is 9.87. The molecule has 5 rings (SSSR count). The fraction of sp³-hybridized carbons (Fsp3) is 0. The summed E-state index contributed by atoms with van der Waals surface area (Å²) < 4.78 is 4.71. The normalized spacial score (nSPS) is 14.4. The Morgan fingerprint density at radius 1 is 0.667 bits per heavy atom. The molecule has 0 saturated carbocycles. The maximum Gasteiger partial charge on any atom is 0.346 e. The Labute approximate surface area is 168 Å². The van der Waals surface area contributed by atoms with E-state index in [0.29, 0.717) is 0 Å². The van der Waals surface area contributed by atoms with Crippen LogP contribution in [0, 0.1) is 22.7 Å². The van der Waals surface area contributed by atoms with E-state index >= 15 is 0 Å². The lowest BCUT2D eigenvalue weighted by Gasteiger charge is -2.29. The summed E-state index contributed by atoms with van der Waals surface area (Å²) in [6.07, 6.45) is 0. The van der Waals surface area contributed by atoms with Crippen molar-refractivity contribution in [2.75, 3.05) is 4.90 Å². The van der Waals surface area contributed by atoms with Crippen LogP contribution in [0.15, 0.2) is 42.5 Å². The van der Waals surface area contributed by atoms with Gasteiger partial charge in [-0.05, 0) is 42.5 Å². The molecule has 0 spiro atoms. The van der Waals surface area contributed by atoms with Gasteiger partial charge in [0.05, 0.1) is 27.9 Å². The molecule has 0 bridgehead atoms. The average Bonchev–Trinajstić information content (AvgIpc) is 2.75. The van der Waals surface area contributed by atoms with E-state index in [1.165, 1.54) is 42.5 Å². The van der Waals surface area contributed by atoms with Crippen LogP contribution in [0.5, 0.6) is 0 Å². The van der Waals surface area contributed by atoms with E-state index in [2.05, 4.69) is 0 Å². The molecule has 0 fully saturated rings. The van der Waals surface area contributed by atoms with Gasteiger partial charge in [-0.1, -0.05) is 0 Å². The average molecular weight is 393 g/mol. The van der Waals surface area contributed by atoms with Crippen molar-refractivity contribution < 1.29 is 23.9 Å². The Hall–Kier alpha value is -4.82. The summed E-state index contributed by atoms with van der Waals surface area (Å²) in [6.45, 7) is 0. The highest BCUT2D eigenvalue weighted by Gasteiger charge is 2.38. The molecule has 140 valence electrons. The number of rotatable bonds is 1. The number of benzene rings is 3. The van der Waals surface area contributed by atoms with Gasteiger partial charge in [0.2, 0.25) is 0 Å². The van der Waals surface area contributed by atoms with Crippen LogP contribution in [0.3, 0.4) is 0 Å². The number of nitrogens with zero attached hydrogens (tertiary/aromatic N) is 3. The second-order valence-corrected chi connectivity index (χ2v) is 6.65. The van der Waals surface area contributed by atoms with Crippen molar-refractivity contribution in [1.82, 2.24) is 0 Å². The van der Waals surface area contributed by atoms with E-state index in [-0.39, 0.29) is 49.8 Å². The summed E-state index contributed by atoms with van der Waals surface area (Å²) in [5, 5.41) is 18.8. The van der Waals surface area contributed by atoms with Gasteiger partial charge in [-0.3, -0.25) is 9.59 Å². The Bertz CT molecular complexity index is 1400. The van der Waals surface area contributed by atoms with Gasteiger partial charge >= 0.3 is 11.9 Å². The Morgan fingerprint density at radius 3 is 1.70 bits per heavy atom. The summed E-state index contributed by atoms with van der Waals surface area (Å²) in [5.41, 5.74) is 0.754. The number of hydrogen-bond acceptors (Lipinski definition) is 7. The molecule has 3 aromatic rings. The monoisotopic (exact) mass is 393 g/mol. The lowest BCUT2D eigenvalue weighted by molar-refractivity contribution is 0.0390. The second-order valence-electron chi connectivity index (χ2n) is 6.65. The predicted molar refractivity (Wildman–Crippen MR) is 101 cm³/mol. The van der Waals surface area contributed by atoms with Crippen LogP contribution in [0.4, 0.5) is 5.69 Å². The van der Waals surface area contributed by atoms with Crippen molar-refractivity contribution in [2.24, 2.45) is 0 Å². The molecule has 0 radical (unpaired) electrons. The quantitative estimate of drug-likeness (QED) is 0.353. The van der Waals surface area contributed by atoms with Gasteiger partial charge in [0.15, 0.2) is 0 Å². The van der Waals surface area contributed by atoms with Crippen molar-refractivity contribution >= 4 is 40.2 Å². The van der Waals surface area contributed by atoms with Crippen molar-refractivity contribution in [3.05, 3.63) is 75.8 Å². The molecule has 2 aliphatic heterocycles. The number of anilines is 1. The molecule has 8 nitrogen and oxygen atoms in total. The molecule has 30 heavy (non-hydrogen) atoms. The third kappa shape index (κ3) is 2.07. The zero-order chi connectivity index (χ0) is 21.2. The van der Waals surface area contributed by atoms with Crippen LogP contribution in [0.25, 0.3) is 10.8 Å². The summed E-state index contributed by atoms with van der Waals surface area (Å²) >= 11 is 0. The minimum atomic E-state index is -0.843. The number of carbonyl (C=O) groups excluding carboxylic acids is 4. The molecule has 0 saturated heterocycles. The fourth-order valence-corrected chi connectivity index (χ4v) is 3.82. The van der Waals surface area contributed by atoms with E-state index in [9.17, 15) is 24.4 Å². The molecule has 0 N–H and O–H groups in total. The van der Waals surface area contributed by atoms with Crippen molar-refractivity contribution in [2.45, 2.75) is 0 Å². The molecule has 8 heteroatoms. The van der Waals surface area contributed by atoms with Gasteiger partial charge in [-0.25, -0.2) is 14.5 Å². The van der Waals surface area contributed by atoms with Crippen LogP contribution in [-0.2, 0) is 4.74 Å². The molecular formula is C22H7N3O5. The molecule has 0 unspecified atom stereocenters. The third-order valence-electron chi connectivity index (χ3n) is 5.16. The van der Waals surface area contributed by atoms with Gasteiger partial charge < -0.3 is 4.74 Å². The van der Waals surface area contributed by atoms with Crippen LogP contribution >= 0.6 is 0 Å². The predicted octanol–water partition coefficient (Wildman–Crippen LogP) is 2.69. The fourth-order valence-electron chi connectivity index (χ4n) is 3.82. The standard InChI is InChI=1S/C22H7N3O5/c23-8-10-1-2-12(7-11(10)9-24)25-19(26)13-3-5-15-18-16(22(29)30-21(15)28)6-4-14(17(13)18)20(25)27/h1-7H. The minimum absolute atomic E-state index is 0.0278. The topological polar surface area (TPSA) is 128 Å². The van der Waals surface area contributed by atoms with E-state index in [4.69, 9.17) is 10.00 Å². The highest BCUT2D eigenvalue weighted by Crippen LogP contribution is 2.38. The number of cyclic esters (lactones) is 2. The molecular weight excluding hydrogens is 386 g/mol. The molecule has 0 atom stereocenters. The van der Waals surface area contributed by atoms with Gasteiger partial charge in [0.25, 0.3) is 11.8 Å². The van der Waals surface area contributed by atoms with Crippen LogP contribution in [0.2, 0.25) is 0 Å². The molecule has 3 aromatic carbocycles. The zero-order valence-electron chi connectivity index (χ0n) is 14.9. The summed E-state index contributed by atoms with van der Waals surface area (Å²) in [4.78, 5) is 51.6. The summed E-state index contributed by atoms with van der Waals surface area (Å²) in [5.74, 6) is -3.03. The molecule has 2 amide bonds. The number of amides is 2. The third-order valence-corrected chi connectivity index (χ3v) is 5.16. The van der Waals surface area contributed by atoms with Gasteiger partial charge in [-0.2, -0.15) is 10.5 Å². The number of imide groups is 1. The summed E-state index contributed by atoms with van der Waals surface area (Å²) in [6, 6.07) is 13.4. The lowest BCUT2D eigenvalue weighted by Crippen LogP contribution is -2.41. The molecule has 0 aromatic heterocycles. The first kappa shape index (κ1) is 17.3. The maximum absolute atomic E-state index is 13.2. The first-order chi connectivity index (χ1) is 14.5. The highest BCUT2D eigenvalue weighted by atomic mass is 16.6. The number of ether oxygens (including phenoxy) is 1. The minimum Gasteiger partial charge on any atom is -0.386 e. The van der Waals surface area contributed by atoms with Crippen molar-refractivity contribution in [3.63, 3.8) is 0 Å². The highest BCUT2D eigenvalue weighted by molar-refractivity contribution is 6.38. The van der Waals surface area contributed by atoms with Crippen LogP contribution in [0.1, 0.15) is 52.6 Å². The van der Waals surface area contributed by atoms with Crippen LogP contribution in [-0.4, -0.2) is 23.8 Å². The van der Waals surface area contributed by atoms with Crippen molar-refractivity contribution in [1.29, 1.82) is 10.5 Å². The molecule has 0 aliphatic carbocycles. The number of esters is 2. The van der Waals surface area contributed by atoms with E-state index < -0.39 is 23.8 Å². The largest absolute Gasteiger partial charge is 0.386 e. The number of carbonyl (C=O) groups is 4. The first-order valence-electron chi connectivity index (χ1n) is 8.65. The summed E-state index contributed by atoms with van der Waals surface area (Å²) in [7, 11) is 0. The molecule has 2 heterocycles. The van der Waals surface area contributed by atoms with Gasteiger partial charge in [0, 0.05) is 21.9 Å². The molecule has 2 aliphatic rings. The van der Waals surface area contributed by atoms with E-state index in [0.717, 1.165) is 4.90 Å². The smallest absolute Gasteiger partial charge is 0.346 e. The van der Waals surface area contributed by atoms with Crippen LogP contribution < -0.4 is 4.90 Å². The van der Waals surface area contributed by atoms with Gasteiger partial charge in [-0.15, -0.1) is 0 Å². The van der Waals surface area contributed by atoms with Crippen molar-refractivity contribution in [3.8, 4) is 12.1 Å². The SMILES string of the molecule is N#Cc1ccc(N2C(=O)c3ccc4c5c(ccc(c35)C2=O)C(=O)OC4=O)cc1C#N. The van der Waals surface area contributed by atoms with Gasteiger partial charge in [0.1, 0.15) is 12.1 Å². The number of hydrogen-bond donors (Lipinski definition) is 0. The number of nitriles is 2. The Balaban J connectivity index is 1.78. The second kappa shape index (κ2) is 5.84. The van der Waals surface area contributed by atoms with E-state index in [1.807, 2.05) is 12.1 Å². The first-order valence-corrected chi connectivity index (χ1v) is 8.65. The maximum atomic E-state index is 13.2. The zero-order valence-corrected chi connectivity index (χ0v) is 14.9. The Kier molecular flexibility index (Phi) is 3.36.